The van der Waals surface area contributed by atoms with Crippen LogP contribution in [0, 0.1) is 0 Å². The van der Waals surface area contributed by atoms with Crippen molar-refractivity contribution in [2.24, 2.45) is 0 Å². The van der Waals surface area contributed by atoms with Crippen LogP contribution in [0.15, 0.2) is 168 Å². The fourth-order valence-electron chi connectivity index (χ4n) is 7.29. The molecule has 4 aromatic heterocycles. The molecule has 0 aliphatic rings. The van der Waals surface area contributed by atoms with Crippen molar-refractivity contribution in [3.63, 3.8) is 0 Å². The van der Waals surface area contributed by atoms with E-state index in [1.807, 2.05) is 126 Å². The lowest BCUT2D eigenvalue weighted by Gasteiger charge is -2.13. The third-order valence-electron chi connectivity index (χ3n) is 9.48. The van der Waals surface area contributed by atoms with Gasteiger partial charge < -0.3 is 8.98 Å². The summed E-state index contributed by atoms with van der Waals surface area (Å²) in [5, 5.41) is 4.43. The van der Waals surface area contributed by atoms with Gasteiger partial charge in [-0.2, -0.15) is 9.97 Å². The summed E-state index contributed by atoms with van der Waals surface area (Å²) in [6.45, 7) is 0. The van der Waals surface area contributed by atoms with E-state index >= 15 is 0 Å². The SMILES string of the molecule is [2H]c1c([2H])c([2H])c(-c2nc(-c3ccc4c(c3)oc3ccccc34)nc(-n3c4ccccc4c4c([2H])c([2H])c5c6ccccc6n(-c6ccccc6)c5c43)n2)c([2H])c1[2H]. The van der Waals surface area contributed by atoms with Gasteiger partial charge in [0.2, 0.25) is 5.95 Å². The predicted octanol–water partition coefficient (Wildman–Crippen LogP) is 11.3. The van der Waals surface area contributed by atoms with E-state index in [1.165, 1.54) is 0 Å². The number of furan rings is 1. The number of hydrogen-bond acceptors (Lipinski definition) is 4. The van der Waals surface area contributed by atoms with E-state index in [-0.39, 0.29) is 35.2 Å². The number of nitrogens with zero attached hydrogens (tertiary/aromatic N) is 5. The summed E-state index contributed by atoms with van der Waals surface area (Å²) in [5.74, 6) is 0.129. The van der Waals surface area contributed by atoms with E-state index in [2.05, 4.69) is 4.57 Å². The number of rotatable bonds is 4. The zero-order valence-electron chi connectivity index (χ0n) is 33.7. The van der Waals surface area contributed by atoms with Crippen molar-refractivity contribution < 1.29 is 14.0 Å². The van der Waals surface area contributed by atoms with Crippen molar-refractivity contribution in [2.45, 2.75) is 0 Å². The summed E-state index contributed by atoms with van der Waals surface area (Å²) < 4.78 is 72.3. The highest BCUT2D eigenvalue weighted by atomic mass is 16.3. The molecule has 6 nitrogen and oxygen atoms in total. The quantitative estimate of drug-likeness (QED) is 0.188. The molecule has 0 aliphatic carbocycles. The molecular weight excluding hydrogens is 627 g/mol. The summed E-state index contributed by atoms with van der Waals surface area (Å²) in [5.41, 5.74) is 5.23. The van der Waals surface area contributed by atoms with Gasteiger partial charge in [-0.05, 0) is 42.5 Å². The standard InChI is InChI=1S/C45H27N5O/c1-3-13-28(14-4-1)43-46-44(29-23-24-34-33-19-9-12-22-39(33)51-40(34)27-29)48-45(47-43)50-38-21-11-8-18-32(38)36-26-25-35-31-17-7-10-20-37(31)49(41(35)42(36)50)30-15-5-2-6-16-30/h1-27H/i1D,3D,4D,13D,14D,25D,26D. The first-order valence-corrected chi connectivity index (χ1v) is 16.5. The minimum atomic E-state index is -0.531. The highest BCUT2D eigenvalue weighted by molar-refractivity contribution is 6.23. The third kappa shape index (κ3) is 4.14. The number of aromatic nitrogens is 5. The average Bonchev–Trinajstić information content (AvgIpc) is 3.92. The Morgan fingerprint density at radius 2 is 1.04 bits per heavy atom. The van der Waals surface area contributed by atoms with Gasteiger partial charge in [-0.15, -0.1) is 0 Å². The van der Waals surface area contributed by atoms with E-state index in [9.17, 15) is 2.74 Å². The maximum atomic E-state index is 9.53. The normalized spacial score (nSPS) is 13.8. The van der Waals surface area contributed by atoms with Crippen molar-refractivity contribution in [1.82, 2.24) is 24.1 Å². The van der Waals surface area contributed by atoms with Crippen LogP contribution in [0.25, 0.3) is 100.0 Å². The number of para-hydroxylation sites is 4. The first kappa shape index (κ1) is 21.8. The number of benzene rings is 7. The molecule has 0 fully saturated rings. The van der Waals surface area contributed by atoms with E-state index in [0.717, 1.165) is 27.4 Å². The van der Waals surface area contributed by atoms with Crippen molar-refractivity contribution in [3.8, 4) is 34.4 Å². The Hall–Kier alpha value is -7.05. The predicted molar refractivity (Wildman–Crippen MR) is 207 cm³/mol. The fraction of sp³-hybridized carbons (Fsp3) is 0. The molecule has 0 spiro atoms. The lowest BCUT2D eigenvalue weighted by molar-refractivity contribution is 0.669. The molecule has 0 saturated carbocycles. The molecule has 0 N–H and O–H groups in total. The number of fused-ring (bicyclic) bond motifs is 10. The Balaban J connectivity index is 1.32. The van der Waals surface area contributed by atoms with Crippen LogP contribution >= 0.6 is 0 Å². The Bertz CT molecular complexity index is 3530. The zero-order valence-corrected chi connectivity index (χ0v) is 26.7. The minimum Gasteiger partial charge on any atom is -0.456 e. The monoisotopic (exact) mass is 660 g/mol. The second kappa shape index (κ2) is 10.7. The maximum absolute atomic E-state index is 9.53. The molecule has 238 valence electrons. The Morgan fingerprint density at radius 1 is 0.451 bits per heavy atom. The first-order valence-electron chi connectivity index (χ1n) is 20.0. The van der Waals surface area contributed by atoms with Gasteiger partial charge in [-0.25, -0.2) is 4.98 Å². The van der Waals surface area contributed by atoms with Gasteiger partial charge in [0, 0.05) is 49.1 Å². The Kier molecular flexibility index (Phi) is 4.59. The zero-order chi connectivity index (χ0) is 39.6. The molecule has 0 atom stereocenters. The molecule has 0 bridgehead atoms. The second-order valence-corrected chi connectivity index (χ2v) is 12.3. The van der Waals surface area contributed by atoms with Gasteiger partial charge in [0.25, 0.3) is 0 Å². The van der Waals surface area contributed by atoms with Crippen LogP contribution in [-0.2, 0) is 0 Å². The summed E-state index contributed by atoms with van der Waals surface area (Å²) >= 11 is 0. The average molecular weight is 661 g/mol. The lowest BCUT2D eigenvalue weighted by atomic mass is 10.1. The molecule has 0 aliphatic heterocycles. The van der Waals surface area contributed by atoms with Crippen LogP contribution in [0.5, 0.6) is 0 Å². The van der Waals surface area contributed by atoms with Crippen molar-refractivity contribution in [1.29, 1.82) is 0 Å². The van der Waals surface area contributed by atoms with Gasteiger partial charge in [0.05, 0.1) is 31.7 Å². The van der Waals surface area contributed by atoms with Crippen molar-refractivity contribution >= 4 is 65.6 Å². The van der Waals surface area contributed by atoms with Crippen LogP contribution in [0.3, 0.4) is 0 Å². The molecule has 6 heteroatoms. The van der Waals surface area contributed by atoms with Gasteiger partial charge in [-0.1, -0.05) is 121 Å². The molecule has 11 rings (SSSR count). The van der Waals surface area contributed by atoms with Crippen molar-refractivity contribution in [3.05, 3.63) is 164 Å². The molecule has 51 heavy (non-hydrogen) atoms. The maximum Gasteiger partial charge on any atom is 0.238 e. The summed E-state index contributed by atoms with van der Waals surface area (Å²) in [6, 6.07) is 36.2. The van der Waals surface area contributed by atoms with E-state index in [1.54, 1.807) is 0 Å². The van der Waals surface area contributed by atoms with Gasteiger partial charge >= 0.3 is 0 Å². The van der Waals surface area contributed by atoms with Gasteiger partial charge in [-0.3, -0.25) is 4.57 Å². The van der Waals surface area contributed by atoms with Gasteiger partial charge in [0.1, 0.15) is 11.2 Å². The van der Waals surface area contributed by atoms with Crippen LogP contribution in [0.4, 0.5) is 0 Å². The second-order valence-electron chi connectivity index (χ2n) is 12.3. The molecule has 0 saturated heterocycles. The molecule has 0 amide bonds. The number of hydrogen-bond donors (Lipinski definition) is 0. The molecule has 4 heterocycles. The fourth-order valence-corrected chi connectivity index (χ4v) is 7.29. The summed E-state index contributed by atoms with van der Waals surface area (Å²) in [6.07, 6.45) is 0. The summed E-state index contributed by atoms with van der Waals surface area (Å²) in [7, 11) is 0. The topological polar surface area (TPSA) is 61.7 Å². The van der Waals surface area contributed by atoms with Crippen LogP contribution in [-0.4, -0.2) is 24.1 Å². The highest BCUT2D eigenvalue weighted by Crippen LogP contribution is 2.41. The van der Waals surface area contributed by atoms with Crippen molar-refractivity contribution in [2.75, 3.05) is 0 Å². The smallest absolute Gasteiger partial charge is 0.238 e. The van der Waals surface area contributed by atoms with E-state index in [4.69, 9.17) is 26.2 Å². The van der Waals surface area contributed by atoms with Crippen LogP contribution < -0.4 is 0 Å². The summed E-state index contributed by atoms with van der Waals surface area (Å²) in [4.78, 5) is 14.9. The lowest BCUT2D eigenvalue weighted by Crippen LogP contribution is -2.07. The molecule has 0 radical (unpaired) electrons. The van der Waals surface area contributed by atoms with Gasteiger partial charge in [0.15, 0.2) is 11.6 Å². The first-order chi connectivity index (χ1) is 28.2. The third-order valence-corrected chi connectivity index (χ3v) is 9.48. The highest BCUT2D eigenvalue weighted by Gasteiger charge is 2.23. The van der Waals surface area contributed by atoms with Crippen LogP contribution in [0.1, 0.15) is 9.60 Å². The molecule has 7 aromatic carbocycles. The Morgan fingerprint density at radius 3 is 1.78 bits per heavy atom. The minimum absolute atomic E-state index is 0.0314. The van der Waals surface area contributed by atoms with E-state index < -0.39 is 30.2 Å². The largest absolute Gasteiger partial charge is 0.456 e. The molecule has 11 aromatic rings. The molecular formula is C45H27N5O. The van der Waals surface area contributed by atoms with E-state index in [0.29, 0.717) is 49.4 Å². The molecule has 0 unspecified atom stereocenters. The van der Waals surface area contributed by atoms with Crippen LogP contribution in [0.2, 0.25) is 0 Å². The Labute approximate surface area is 301 Å².